The van der Waals surface area contributed by atoms with E-state index in [4.69, 9.17) is 10.00 Å². The Kier molecular flexibility index (Phi) is 2.79. The molecular formula is C12H10FN3O. The van der Waals surface area contributed by atoms with Crippen molar-refractivity contribution in [3.63, 3.8) is 0 Å². The Morgan fingerprint density at radius 3 is 2.76 bits per heavy atom. The van der Waals surface area contributed by atoms with Crippen molar-refractivity contribution in [1.82, 2.24) is 9.55 Å². The summed E-state index contributed by atoms with van der Waals surface area (Å²) in [6.07, 6.45) is 3.32. The standard InChI is InChI=1S/C12H10FN3O/c1-8-6-16(7-15-8)11-4-10(13)9(5-14)3-12(11)17-2/h3-4,6-7H,1-2H3. The lowest BCUT2D eigenvalue weighted by Crippen LogP contribution is -1.98. The van der Waals surface area contributed by atoms with E-state index in [1.54, 1.807) is 23.2 Å². The average Bonchev–Trinajstić information content (AvgIpc) is 2.75. The summed E-state index contributed by atoms with van der Waals surface area (Å²) >= 11 is 0. The van der Waals surface area contributed by atoms with Gasteiger partial charge in [0.15, 0.2) is 0 Å². The van der Waals surface area contributed by atoms with E-state index in [1.165, 1.54) is 19.2 Å². The highest BCUT2D eigenvalue weighted by Crippen LogP contribution is 2.26. The maximum atomic E-state index is 13.5. The minimum atomic E-state index is -0.574. The van der Waals surface area contributed by atoms with Gasteiger partial charge in [-0.1, -0.05) is 0 Å². The van der Waals surface area contributed by atoms with Gasteiger partial charge < -0.3 is 9.30 Å². The van der Waals surface area contributed by atoms with Crippen LogP contribution in [0.3, 0.4) is 0 Å². The summed E-state index contributed by atoms with van der Waals surface area (Å²) in [6.45, 7) is 1.84. The third-order valence-electron chi connectivity index (χ3n) is 2.38. The van der Waals surface area contributed by atoms with E-state index in [9.17, 15) is 4.39 Å². The summed E-state index contributed by atoms with van der Waals surface area (Å²) in [7, 11) is 1.47. The van der Waals surface area contributed by atoms with Gasteiger partial charge in [0.2, 0.25) is 0 Å². The fourth-order valence-electron chi connectivity index (χ4n) is 1.55. The Hall–Kier alpha value is -2.35. The van der Waals surface area contributed by atoms with Crippen LogP contribution in [0.15, 0.2) is 24.7 Å². The number of aryl methyl sites for hydroxylation is 1. The van der Waals surface area contributed by atoms with Gasteiger partial charge in [-0.05, 0) is 6.92 Å². The molecule has 0 amide bonds. The van der Waals surface area contributed by atoms with E-state index >= 15 is 0 Å². The predicted octanol–water partition coefficient (Wildman–Crippen LogP) is 2.20. The molecular weight excluding hydrogens is 221 g/mol. The highest BCUT2D eigenvalue weighted by atomic mass is 19.1. The van der Waals surface area contributed by atoms with Crippen molar-refractivity contribution in [1.29, 1.82) is 5.26 Å². The lowest BCUT2D eigenvalue weighted by atomic mass is 10.2. The molecule has 86 valence electrons. The van der Waals surface area contributed by atoms with E-state index in [-0.39, 0.29) is 5.56 Å². The van der Waals surface area contributed by atoms with Crippen molar-refractivity contribution < 1.29 is 9.13 Å². The number of rotatable bonds is 2. The second-order valence-electron chi connectivity index (χ2n) is 3.54. The molecule has 0 N–H and O–H groups in total. The molecule has 2 rings (SSSR count). The van der Waals surface area contributed by atoms with Crippen molar-refractivity contribution in [3.8, 4) is 17.5 Å². The van der Waals surface area contributed by atoms with Crippen LogP contribution >= 0.6 is 0 Å². The van der Waals surface area contributed by atoms with Gasteiger partial charge in [-0.15, -0.1) is 0 Å². The number of hydrogen-bond acceptors (Lipinski definition) is 3. The molecule has 5 heteroatoms. The number of methoxy groups -OCH3 is 1. The summed E-state index contributed by atoms with van der Waals surface area (Å²) in [5, 5.41) is 8.74. The van der Waals surface area contributed by atoms with Crippen LogP contribution in [-0.4, -0.2) is 16.7 Å². The number of benzene rings is 1. The molecule has 0 fully saturated rings. The van der Waals surface area contributed by atoms with E-state index in [2.05, 4.69) is 4.98 Å². The molecule has 1 heterocycles. The molecule has 1 aromatic heterocycles. The van der Waals surface area contributed by atoms with Crippen LogP contribution in [-0.2, 0) is 0 Å². The van der Waals surface area contributed by atoms with Crippen LogP contribution in [0, 0.1) is 24.1 Å². The smallest absolute Gasteiger partial charge is 0.144 e. The third kappa shape index (κ3) is 1.97. The number of ether oxygens (including phenoxy) is 1. The van der Waals surface area contributed by atoms with Gasteiger partial charge in [0.25, 0.3) is 0 Å². The Balaban J connectivity index is 2.62. The minimum Gasteiger partial charge on any atom is -0.495 e. The van der Waals surface area contributed by atoms with E-state index in [0.29, 0.717) is 11.4 Å². The van der Waals surface area contributed by atoms with Crippen LogP contribution in [0.5, 0.6) is 5.75 Å². The highest BCUT2D eigenvalue weighted by molar-refractivity contribution is 5.52. The average molecular weight is 231 g/mol. The van der Waals surface area contributed by atoms with E-state index in [1.807, 2.05) is 6.92 Å². The molecule has 4 nitrogen and oxygen atoms in total. The molecule has 0 aliphatic rings. The highest BCUT2D eigenvalue weighted by Gasteiger charge is 2.11. The molecule has 0 saturated carbocycles. The molecule has 17 heavy (non-hydrogen) atoms. The molecule has 1 aromatic carbocycles. The molecule has 0 aliphatic heterocycles. The Morgan fingerprint density at radius 2 is 2.24 bits per heavy atom. The van der Waals surface area contributed by atoms with Gasteiger partial charge in [-0.25, -0.2) is 9.37 Å². The summed E-state index contributed by atoms with van der Waals surface area (Å²) in [4.78, 5) is 4.06. The molecule has 0 aliphatic carbocycles. The quantitative estimate of drug-likeness (QED) is 0.796. The molecule has 0 radical (unpaired) electrons. The van der Waals surface area contributed by atoms with Gasteiger partial charge in [0, 0.05) is 18.3 Å². The summed E-state index contributed by atoms with van der Waals surface area (Å²) in [6, 6.07) is 4.41. The SMILES string of the molecule is COc1cc(C#N)c(F)cc1-n1cnc(C)c1. The molecule has 0 atom stereocenters. The first-order valence-corrected chi connectivity index (χ1v) is 4.94. The number of imidazole rings is 1. The largest absolute Gasteiger partial charge is 0.495 e. The fraction of sp³-hybridized carbons (Fsp3) is 0.167. The van der Waals surface area contributed by atoms with Gasteiger partial charge in [-0.2, -0.15) is 5.26 Å². The number of nitriles is 1. The maximum absolute atomic E-state index is 13.5. The lowest BCUT2D eigenvalue weighted by molar-refractivity contribution is 0.411. The van der Waals surface area contributed by atoms with Gasteiger partial charge in [0.1, 0.15) is 17.6 Å². The summed E-state index contributed by atoms with van der Waals surface area (Å²) in [5.41, 5.74) is 1.30. The second-order valence-corrected chi connectivity index (χ2v) is 3.54. The van der Waals surface area contributed by atoms with Gasteiger partial charge >= 0.3 is 0 Å². The normalized spacial score (nSPS) is 10.0. The molecule has 0 spiro atoms. The molecule has 0 unspecified atom stereocenters. The first-order valence-electron chi connectivity index (χ1n) is 4.94. The zero-order chi connectivity index (χ0) is 12.4. The zero-order valence-corrected chi connectivity index (χ0v) is 9.44. The van der Waals surface area contributed by atoms with Crippen LogP contribution in [0.25, 0.3) is 5.69 Å². The van der Waals surface area contributed by atoms with Crippen molar-refractivity contribution in [2.75, 3.05) is 7.11 Å². The van der Waals surface area contributed by atoms with Gasteiger partial charge in [-0.3, -0.25) is 0 Å². The van der Waals surface area contributed by atoms with Crippen molar-refractivity contribution in [2.24, 2.45) is 0 Å². The number of halogens is 1. The number of hydrogen-bond donors (Lipinski definition) is 0. The topological polar surface area (TPSA) is 50.8 Å². The molecule has 2 aromatic rings. The first kappa shape index (κ1) is 11.1. The van der Waals surface area contributed by atoms with Crippen LogP contribution in [0.2, 0.25) is 0 Å². The van der Waals surface area contributed by atoms with Crippen molar-refractivity contribution in [3.05, 3.63) is 41.7 Å². The predicted molar refractivity (Wildman–Crippen MR) is 59.5 cm³/mol. The fourth-order valence-corrected chi connectivity index (χ4v) is 1.55. The number of aromatic nitrogens is 2. The van der Waals surface area contributed by atoms with Crippen molar-refractivity contribution in [2.45, 2.75) is 6.92 Å². The van der Waals surface area contributed by atoms with Crippen LogP contribution in [0.4, 0.5) is 4.39 Å². The second kappa shape index (κ2) is 4.26. The summed E-state index contributed by atoms with van der Waals surface area (Å²) in [5.74, 6) is -0.144. The van der Waals surface area contributed by atoms with E-state index in [0.717, 1.165) is 5.69 Å². The van der Waals surface area contributed by atoms with Crippen molar-refractivity contribution >= 4 is 0 Å². The minimum absolute atomic E-state index is 0.0394. The maximum Gasteiger partial charge on any atom is 0.144 e. The first-order chi connectivity index (χ1) is 8.15. The zero-order valence-electron chi connectivity index (χ0n) is 9.44. The van der Waals surface area contributed by atoms with Crippen LogP contribution < -0.4 is 4.74 Å². The Bertz CT molecular complexity index is 598. The molecule has 0 bridgehead atoms. The number of nitrogens with zero attached hydrogens (tertiary/aromatic N) is 3. The Morgan fingerprint density at radius 1 is 1.47 bits per heavy atom. The summed E-state index contributed by atoms with van der Waals surface area (Å²) < 4.78 is 20.3. The Labute approximate surface area is 97.9 Å². The lowest BCUT2D eigenvalue weighted by Gasteiger charge is -2.09. The van der Waals surface area contributed by atoms with Gasteiger partial charge in [0.05, 0.1) is 30.4 Å². The van der Waals surface area contributed by atoms with E-state index < -0.39 is 5.82 Å². The monoisotopic (exact) mass is 231 g/mol. The third-order valence-corrected chi connectivity index (χ3v) is 2.38. The van der Waals surface area contributed by atoms with Crippen LogP contribution in [0.1, 0.15) is 11.3 Å². The molecule has 0 saturated heterocycles.